The van der Waals surface area contributed by atoms with Gasteiger partial charge in [0.1, 0.15) is 23.9 Å². The Hall–Kier alpha value is -4.22. The van der Waals surface area contributed by atoms with E-state index in [2.05, 4.69) is 20.5 Å². The number of benzene rings is 1. The fraction of sp³-hybridized carbons (Fsp3) is 0.571. The lowest BCUT2D eigenvalue weighted by atomic mass is 10.0. The molecule has 0 heterocycles. The lowest BCUT2D eigenvalue weighted by Gasteiger charge is -2.29. The van der Waals surface area contributed by atoms with Crippen LogP contribution in [-0.2, 0) is 39.8 Å². The number of alkyl halides is 3. The van der Waals surface area contributed by atoms with Gasteiger partial charge in [0.15, 0.2) is 0 Å². The summed E-state index contributed by atoms with van der Waals surface area (Å²) >= 11 is 0. The summed E-state index contributed by atoms with van der Waals surface area (Å²) in [6, 6.07) is 1.01. The largest absolute Gasteiger partial charge is 0.524 e. The molecule has 1 rings (SSSR count). The molecule has 0 radical (unpaired) electrons. The van der Waals surface area contributed by atoms with Gasteiger partial charge in [0, 0.05) is 32.7 Å². The van der Waals surface area contributed by atoms with Crippen LogP contribution in [0.25, 0.3) is 0 Å². The fourth-order valence-corrected chi connectivity index (χ4v) is 4.82. The summed E-state index contributed by atoms with van der Waals surface area (Å²) in [4.78, 5) is 93.9. The van der Waals surface area contributed by atoms with Crippen LogP contribution in [-0.4, -0.2) is 87.5 Å². The molecule has 0 aromatic heterocycles. The zero-order valence-corrected chi connectivity index (χ0v) is 27.5. The van der Waals surface area contributed by atoms with Crippen molar-refractivity contribution < 1.29 is 60.8 Å². The van der Waals surface area contributed by atoms with Crippen LogP contribution in [0.4, 0.5) is 13.2 Å². The summed E-state index contributed by atoms with van der Waals surface area (Å²) in [5.41, 5.74) is 11.0. The topological polar surface area (TPSA) is 261 Å². The van der Waals surface area contributed by atoms with E-state index in [9.17, 15) is 46.5 Å². The molecular formula is C28H42F3N6O10P. The summed E-state index contributed by atoms with van der Waals surface area (Å²) in [5.74, 6) is -5.58. The molecule has 1 aromatic rings. The Morgan fingerprint density at radius 1 is 0.958 bits per heavy atom. The molecule has 0 saturated carbocycles. The highest BCUT2D eigenvalue weighted by Crippen LogP contribution is 2.37. The number of phosphoric ester groups is 1. The van der Waals surface area contributed by atoms with E-state index in [0.717, 1.165) is 11.8 Å². The van der Waals surface area contributed by atoms with Gasteiger partial charge in [-0.2, -0.15) is 13.2 Å². The number of hydrogen-bond donors (Lipinski definition) is 7. The molecule has 0 fully saturated rings. The normalized spacial score (nSPS) is 13.5. The van der Waals surface area contributed by atoms with Gasteiger partial charge in [0.05, 0.1) is 6.54 Å². The quantitative estimate of drug-likeness (QED) is 0.0901. The minimum absolute atomic E-state index is 0.0803. The molecule has 0 bridgehead atoms. The van der Waals surface area contributed by atoms with Gasteiger partial charge in [-0.15, -0.1) is 0 Å². The lowest BCUT2D eigenvalue weighted by molar-refractivity contribution is -0.144. The zero-order chi connectivity index (χ0) is 36.8. The monoisotopic (exact) mass is 710 g/mol. The Morgan fingerprint density at radius 2 is 1.56 bits per heavy atom. The van der Waals surface area contributed by atoms with Gasteiger partial charge in [-0.3, -0.25) is 38.6 Å². The highest BCUT2D eigenvalue weighted by atomic mass is 31.2. The van der Waals surface area contributed by atoms with Crippen LogP contribution in [0.3, 0.4) is 0 Å². The molecule has 20 heteroatoms. The van der Waals surface area contributed by atoms with Crippen molar-refractivity contribution in [2.75, 3.05) is 13.1 Å². The zero-order valence-electron chi connectivity index (χ0n) is 26.6. The van der Waals surface area contributed by atoms with Gasteiger partial charge in [-0.25, -0.2) is 4.57 Å². The number of phosphoric acid groups is 1. The average molecular weight is 711 g/mol. The third-order valence-electron chi connectivity index (χ3n) is 6.50. The first-order valence-electron chi connectivity index (χ1n) is 14.7. The van der Waals surface area contributed by atoms with Gasteiger partial charge in [-0.05, 0) is 42.9 Å². The summed E-state index contributed by atoms with van der Waals surface area (Å²) in [7, 11) is -4.85. The second-order valence-electron chi connectivity index (χ2n) is 11.4. The molecule has 0 aliphatic heterocycles. The third-order valence-corrected chi connectivity index (χ3v) is 6.94. The van der Waals surface area contributed by atoms with Gasteiger partial charge in [0.25, 0.3) is 0 Å². The Balaban J connectivity index is 3.31. The predicted molar refractivity (Wildman–Crippen MR) is 163 cm³/mol. The number of carbonyl (C=O) groups is 6. The van der Waals surface area contributed by atoms with E-state index in [-0.39, 0.29) is 24.5 Å². The molecule has 9 N–H and O–H groups in total. The van der Waals surface area contributed by atoms with Crippen molar-refractivity contribution in [2.45, 2.75) is 83.6 Å². The van der Waals surface area contributed by atoms with Crippen molar-refractivity contribution in [3.63, 3.8) is 0 Å². The van der Waals surface area contributed by atoms with E-state index in [1.54, 1.807) is 13.8 Å². The highest BCUT2D eigenvalue weighted by molar-refractivity contribution is 7.46. The average Bonchev–Trinajstić information content (AvgIpc) is 2.92. The van der Waals surface area contributed by atoms with Crippen molar-refractivity contribution in [1.29, 1.82) is 0 Å². The predicted octanol–water partition coefficient (Wildman–Crippen LogP) is 0.143. The van der Waals surface area contributed by atoms with Crippen LogP contribution in [0.2, 0.25) is 0 Å². The number of hydrogen-bond acceptors (Lipinski definition) is 8. The van der Waals surface area contributed by atoms with Crippen LogP contribution in [0, 0.1) is 5.92 Å². The van der Waals surface area contributed by atoms with Crippen LogP contribution in [0.15, 0.2) is 24.3 Å². The number of halogens is 3. The Labute approximate surface area is 274 Å². The number of nitrogens with one attached hydrogen (secondary N) is 3. The number of carbonyl (C=O) groups excluding carboxylic acids is 6. The molecule has 0 spiro atoms. The maximum absolute atomic E-state index is 13.7. The molecule has 0 unspecified atom stereocenters. The molecule has 0 saturated heterocycles. The SMILES string of the molecule is CC(=O)N[C@@H](Cc1ccc(OP(=O)(O)O)cc1)C(=O)N[C@@H](CCC(N)=O)C(=O)N(CCCC(F)(F)F)CC(=O)N[C@@H](CC(C)C)C(N)=O. The van der Waals surface area contributed by atoms with E-state index >= 15 is 0 Å². The smallest absolute Gasteiger partial charge is 0.404 e. The first kappa shape index (κ1) is 41.8. The number of rotatable bonds is 20. The van der Waals surface area contributed by atoms with Crippen LogP contribution in [0.5, 0.6) is 5.75 Å². The maximum Gasteiger partial charge on any atom is 0.524 e. The van der Waals surface area contributed by atoms with Crippen molar-refractivity contribution >= 4 is 43.3 Å². The lowest BCUT2D eigenvalue weighted by Crippen LogP contribution is -2.56. The highest BCUT2D eigenvalue weighted by Gasteiger charge is 2.33. The van der Waals surface area contributed by atoms with E-state index < -0.39 is 106 Å². The van der Waals surface area contributed by atoms with Gasteiger partial charge in [-0.1, -0.05) is 26.0 Å². The first-order valence-corrected chi connectivity index (χ1v) is 16.2. The van der Waals surface area contributed by atoms with Crippen LogP contribution >= 0.6 is 7.82 Å². The Morgan fingerprint density at radius 3 is 2.04 bits per heavy atom. The number of nitrogens with two attached hydrogens (primary N) is 2. The second kappa shape index (κ2) is 18.9. The maximum atomic E-state index is 13.7. The molecular weight excluding hydrogens is 668 g/mol. The molecule has 270 valence electrons. The van der Waals surface area contributed by atoms with Crippen molar-refractivity contribution in [3.05, 3.63) is 29.8 Å². The van der Waals surface area contributed by atoms with E-state index in [1.807, 2.05) is 0 Å². The fourth-order valence-electron chi connectivity index (χ4n) is 4.42. The summed E-state index contributed by atoms with van der Waals surface area (Å²) < 4.78 is 54.4. The van der Waals surface area contributed by atoms with Gasteiger partial charge in [0.2, 0.25) is 35.4 Å². The van der Waals surface area contributed by atoms with Crippen LogP contribution < -0.4 is 31.9 Å². The van der Waals surface area contributed by atoms with Crippen molar-refractivity contribution in [3.8, 4) is 5.75 Å². The first-order chi connectivity index (χ1) is 22.1. The Kier molecular flexibility index (Phi) is 16.5. The standard InChI is InChI=1S/C28H42F3N6O10P/c1-16(2)13-21(25(33)41)35-24(40)15-37(12-4-11-28(29,30)31)27(43)20(9-10-23(32)39)36-26(42)22(34-17(3)38)14-18-5-7-19(8-6-18)47-48(44,45)46/h5-8,16,20-22H,4,9-15H2,1-3H3,(H2,32,39)(H2,33,41)(H,34,38)(H,35,40)(H,36,42)(H2,44,45,46)/t20-,21-,22-/m0/s1. The third kappa shape index (κ3) is 17.6. The molecule has 0 aliphatic carbocycles. The van der Waals surface area contributed by atoms with Crippen molar-refractivity contribution in [2.24, 2.45) is 17.4 Å². The van der Waals surface area contributed by atoms with E-state index in [4.69, 9.17) is 21.3 Å². The summed E-state index contributed by atoms with van der Waals surface area (Å²) in [6.07, 6.45) is -7.46. The number of primary amides is 2. The van der Waals surface area contributed by atoms with E-state index in [0.29, 0.717) is 5.56 Å². The Bertz CT molecular complexity index is 1340. The van der Waals surface area contributed by atoms with Crippen molar-refractivity contribution in [1.82, 2.24) is 20.9 Å². The number of nitrogens with zero attached hydrogens (tertiary/aromatic N) is 1. The molecule has 1 aromatic carbocycles. The molecule has 0 aliphatic rings. The molecule has 16 nitrogen and oxygen atoms in total. The van der Waals surface area contributed by atoms with Gasteiger partial charge >= 0.3 is 14.0 Å². The minimum atomic E-state index is -4.85. The van der Waals surface area contributed by atoms with Crippen LogP contribution in [0.1, 0.15) is 58.4 Å². The molecule has 48 heavy (non-hydrogen) atoms. The van der Waals surface area contributed by atoms with E-state index in [1.165, 1.54) is 24.3 Å². The summed E-state index contributed by atoms with van der Waals surface area (Å²) in [6.45, 7) is 3.20. The second-order valence-corrected chi connectivity index (χ2v) is 12.5. The summed E-state index contributed by atoms with van der Waals surface area (Å²) in [5, 5.41) is 7.13. The number of amides is 6. The molecule has 3 atom stereocenters. The molecule has 6 amide bonds. The minimum Gasteiger partial charge on any atom is -0.404 e. The van der Waals surface area contributed by atoms with Gasteiger partial charge < -0.3 is 36.8 Å².